The molecule has 8 heteroatoms. The van der Waals surface area contributed by atoms with E-state index in [1.54, 1.807) is 0 Å². The van der Waals surface area contributed by atoms with Crippen LogP contribution in [0.3, 0.4) is 0 Å². The Morgan fingerprint density at radius 1 is 0.800 bits per heavy atom. The number of hydrogen-bond acceptors (Lipinski definition) is 6. The average Bonchev–Trinajstić information content (AvgIpc) is 3.35. The molecule has 0 fully saturated rings. The van der Waals surface area contributed by atoms with E-state index in [0.717, 1.165) is 23.6 Å². The monoisotopic (exact) mass is 477 g/mol. The molecule has 0 spiro atoms. The molecule has 8 nitrogen and oxygen atoms in total. The Morgan fingerprint density at radius 2 is 1.26 bits per heavy atom. The largest absolute Gasteiger partial charge is 0.457 e. The molecular formula is C27H31N3O5. The van der Waals surface area contributed by atoms with Crippen molar-refractivity contribution in [1.29, 1.82) is 0 Å². The molecule has 4 N–H and O–H groups in total. The number of ether oxygens (including phenoxy) is 1. The minimum atomic E-state index is -0.329. The summed E-state index contributed by atoms with van der Waals surface area (Å²) < 4.78 is 6.12. The molecule has 0 atom stereocenters. The molecule has 0 saturated heterocycles. The van der Waals surface area contributed by atoms with E-state index < -0.39 is 0 Å². The Balaban J connectivity index is 0.000000249. The molecule has 184 valence electrons. The van der Waals surface area contributed by atoms with E-state index in [0.29, 0.717) is 0 Å². The fourth-order valence-electron chi connectivity index (χ4n) is 3.15. The Kier molecular flexibility index (Phi) is 9.11. The molecule has 0 saturated carbocycles. The number of amides is 4. The summed E-state index contributed by atoms with van der Waals surface area (Å²) in [6, 6.07) is 12.0. The van der Waals surface area contributed by atoms with Crippen molar-refractivity contribution in [3.63, 3.8) is 0 Å². The molecule has 2 aliphatic heterocycles. The number of nitrogens with two attached hydrogens (primary N) is 1. The lowest BCUT2D eigenvalue weighted by molar-refractivity contribution is -0.125. The van der Waals surface area contributed by atoms with Gasteiger partial charge >= 0.3 is 0 Å². The van der Waals surface area contributed by atoms with E-state index in [1.165, 1.54) is 41.0 Å². The predicted octanol–water partition coefficient (Wildman–Crippen LogP) is 3.63. The van der Waals surface area contributed by atoms with Gasteiger partial charge in [-0.3, -0.25) is 29.8 Å². The fraction of sp³-hybridized carbons (Fsp3) is 0.259. The van der Waals surface area contributed by atoms with Gasteiger partial charge in [-0.05, 0) is 60.2 Å². The summed E-state index contributed by atoms with van der Waals surface area (Å²) in [4.78, 5) is 40.1. The first kappa shape index (κ1) is 27.0. The maximum atomic E-state index is 10.0. The number of benzene rings is 2. The molecule has 0 aromatic heterocycles. The molecule has 4 amide bonds. The van der Waals surface area contributed by atoms with Crippen molar-refractivity contribution in [2.75, 3.05) is 5.73 Å². The molecule has 2 aliphatic rings. The summed E-state index contributed by atoms with van der Waals surface area (Å²) in [6.45, 7) is 11.0. The van der Waals surface area contributed by atoms with Gasteiger partial charge in [0.05, 0.1) is 0 Å². The molecule has 0 aliphatic carbocycles. The number of nitrogens with one attached hydrogen (secondary N) is 2. The van der Waals surface area contributed by atoms with Crippen molar-refractivity contribution in [2.45, 2.75) is 46.5 Å². The van der Waals surface area contributed by atoms with Crippen LogP contribution in [0.1, 0.15) is 44.4 Å². The van der Waals surface area contributed by atoms with Gasteiger partial charge in [0.1, 0.15) is 11.5 Å². The highest BCUT2D eigenvalue weighted by Crippen LogP contribution is 2.36. The third-order valence-corrected chi connectivity index (χ3v) is 5.00. The highest BCUT2D eigenvalue weighted by molar-refractivity contribution is 6.13. The Morgan fingerprint density at radius 3 is 1.60 bits per heavy atom. The van der Waals surface area contributed by atoms with Crippen LogP contribution in [-0.4, -0.2) is 23.6 Å². The highest BCUT2D eigenvalue weighted by Gasteiger charge is 2.21. The van der Waals surface area contributed by atoms with Crippen molar-refractivity contribution < 1.29 is 23.9 Å². The number of imide groups is 2. The van der Waals surface area contributed by atoms with Crippen LogP contribution in [0.4, 0.5) is 5.69 Å². The molecular weight excluding hydrogens is 446 g/mol. The molecule has 4 rings (SSSR count). The van der Waals surface area contributed by atoms with Crippen LogP contribution in [0, 0.1) is 6.92 Å². The lowest BCUT2D eigenvalue weighted by Gasteiger charge is -2.24. The summed E-state index contributed by atoms with van der Waals surface area (Å²) >= 11 is 0. The van der Waals surface area contributed by atoms with Gasteiger partial charge < -0.3 is 10.5 Å². The number of carbonyl (C=O) groups excluding carboxylic acids is 4. The molecule has 0 unspecified atom stereocenters. The van der Waals surface area contributed by atoms with Crippen LogP contribution in [0.2, 0.25) is 0 Å². The fourth-order valence-corrected chi connectivity index (χ4v) is 3.15. The molecule has 2 aromatic carbocycles. The van der Waals surface area contributed by atoms with Gasteiger partial charge in [-0.15, -0.1) is 0 Å². The van der Waals surface area contributed by atoms with Gasteiger partial charge in [0.2, 0.25) is 0 Å². The van der Waals surface area contributed by atoms with E-state index in [9.17, 15) is 19.2 Å². The predicted molar refractivity (Wildman–Crippen MR) is 135 cm³/mol. The van der Waals surface area contributed by atoms with Crippen molar-refractivity contribution in [3.05, 3.63) is 77.4 Å². The van der Waals surface area contributed by atoms with E-state index in [1.807, 2.05) is 34.9 Å². The summed E-state index contributed by atoms with van der Waals surface area (Å²) in [5, 5.41) is 4.06. The van der Waals surface area contributed by atoms with Crippen LogP contribution in [0.25, 0.3) is 0 Å². The third-order valence-electron chi connectivity index (χ3n) is 5.00. The first-order valence-corrected chi connectivity index (χ1v) is 11.1. The number of carbonyl (C=O) groups is 4. The molecule has 35 heavy (non-hydrogen) atoms. The Hall–Kier alpha value is -4.20. The highest BCUT2D eigenvalue weighted by atomic mass is 16.5. The Bertz CT molecular complexity index is 1100. The second-order valence-electron chi connectivity index (χ2n) is 8.92. The van der Waals surface area contributed by atoms with Crippen LogP contribution < -0.4 is 21.1 Å². The summed E-state index contributed by atoms with van der Waals surface area (Å²) in [5.41, 5.74) is 10.4. The second kappa shape index (κ2) is 11.8. The molecule has 2 aromatic rings. The van der Waals surface area contributed by atoms with Crippen molar-refractivity contribution in [1.82, 2.24) is 10.6 Å². The van der Waals surface area contributed by atoms with Gasteiger partial charge in [-0.1, -0.05) is 33.8 Å². The number of anilines is 1. The van der Waals surface area contributed by atoms with Crippen molar-refractivity contribution in [3.8, 4) is 11.5 Å². The summed E-state index contributed by atoms with van der Waals surface area (Å²) in [6.07, 6.45) is 5.83. The number of aryl methyl sites for hydroxylation is 2. The minimum Gasteiger partial charge on any atom is -0.457 e. The van der Waals surface area contributed by atoms with Crippen LogP contribution in [0.15, 0.2) is 60.7 Å². The average molecular weight is 478 g/mol. The van der Waals surface area contributed by atoms with E-state index in [4.69, 9.17) is 10.5 Å². The maximum Gasteiger partial charge on any atom is 0.250 e. The topological polar surface area (TPSA) is 128 Å². The zero-order chi connectivity index (χ0) is 26.2. The third kappa shape index (κ3) is 8.58. The first-order chi connectivity index (χ1) is 16.4. The van der Waals surface area contributed by atoms with E-state index in [2.05, 4.69) is 46.8 Å². The summed E-state index contributed by atoms with van der Waals surface area (Å²) in [5.74, 6) is 0.435. The number of hydrogen-bond donors (Lipinski definition) is 3. The van der Waals surface area contributed by atoms with Gasteiger partial charge in [-0.25, -0.2) is 0 Å². The standard InChI is InChI=1S/C19H25NO.2C4H3NO2/c1-6-14-12-17(19(3,4)5)18(11-13(14)2)21-16-9-7-15(20)8-10-16;2*6-3-1-2-4(7)5-3/h7-12H,6,20H2,1-5H3;2*1-2H,(H,5,6,7). The smallest absolute Gasteiger partial charge is 0.250 e. The normalized spacial score (nSPS) is 14.0. The number of rotatable bonds is 3. The number of nitrogen functional groups attached to an aromatic ring is 1. The zero-order valence-electron chi connectivity index (χ0n) is 20.6. The second-order valence-corrected chi connectivity index (χ2v) is 8.92. The van der Waals surface area contributed by atoms with E-state index >= 15 is 0 Å². The van der Waals surface area contributed by atoms with Crippen molar-refractivity contribution in [2.24, 2.45) is 0 Å². The SMILES string of the molecule is CCc1cc(C(C)(C)C)c(Oc2ccc(N)cc2)cc1C.O=C1C=CC(=O)N1.O=C1C=CC(=O)N1. The quantitative estimate of drug-likeness (QED) is 0.458. The van der Waals surface area contributed by atoms with Gasteiger partial charge in [-0.2, -0.15) is 0 Å². The minimum absolute atomic E-state index is 0.0424. The van der Waals surface area contributed by atoms with Gasteiger partial charge in [0.15, 0.2) is 0 Å². The lowest BCUT2D eigenvalue weighted by Crippen LogP contribution is -2.19. The van der Waals surface area contributed by atoms with E-state index in [-0.39, 0.29) is 29.0 Å². The van der Waals surface area contributed by atoms with Crippen LogP contribution in [-0.2, 0) is 31.0 Å². The zero-order valence-corrected chi connectivity index (χ0v) is 20.6. The van der Waals surface area contributed by atoms with Crippen LogP contribution in [0.5, 0.6) is 11.5 Å². The van der Waals surface area contributed by atoms with Gasteiger partial charge in [0.25, 0.3) is 23.6 Å². The summed E-state index contributed by atoms with van der Waals surface area (Å²) in [7, 11) is 0. The van der Waals surface area contributed by atoms with Crippen molar-refractivity contribution >= 4 is 29.3 Å². The Labute approximate surface area is 205 Å². The first-order valence-electron chi connectivity index (χ1n) is 11.1. The maximum absolute atomic E-state index is 10.0. The molecule has 0 radical (unpaired) electrons. The molecule has 2 heterocycles. The molecule has 0 bridgehead atoms. The van der Waals surface area contributed by atoms with Gasteiger partial charge in [0, 0.05) is 35.6 Å². The van der Waals surface area contributed by atoms with Crippen LogP contribution >= 0.6 is 0 Å². The lowest BCUT2D eigenvalue weighted by atomic mass is 9.84.